The molecule has 0 fully saturated rings. The molecule has 2 aromatic rings. The number of hydrogen-bond acceptors (Lipinski definition) is 5. The molecule has 27 heavy (non-hydrogen) atoms. The average Bonchev–Trinajstić information content (AvgIpc) is 2.59. The lowest BCUT2D eigenvalue weighted by molar-refractivity contribution is -0.118. The van der Waals surface area contributed by atoms with Gasteiger partial charge >= 0.3 is 0 Å². The van der Waals surface area contributed by atoms with Gasteiger partial charge in [-0.15, -0.1) is 12.4 Å². The van der Waals surface area contributed by atoms with Crippen molar-refractivity contribution in [2.75, 3.05) is 25.0 Å². The molecule has 7 nitrogen and oxygen atoms in total. The molecule has 1 amide bonds. The van der Waals surface area contributed by atoms with E-state index in [2.05, 4.69) is 10.0 Å². The van der Waals surface area contributed by atoms with Crippen molar-refractivity contribution in [1.29, 1.82) is 0 Å². The average molecular weight is 414 g/mol. The lowest BCUT2D eigenvalue weighted by atomic mass is 10.1. The lowest BCUT2D eigenvalue weighted by Gasteiger charge is -2.11. The van der Waals surface area contributed by atoms with Crippen molar-refractivity contribution < 1.29 is 17.9 Å². The minimum absolute atomic E-state index is 0. The Hall–Kier alpha value is -2.13. The van der Waals surface area contributed by atoms with E-state index in [4.69, 9.17) is 10.5 Å². The first-order valence-electron chi connectivity index (χ1n) is 8.11. The number of nitrogens with two attached hydrogens (primary N) is 1. The van der Waals surface area contributed by atoms with Crippen molar-refractivity contribution in [3.05, 3.63) is 53.6 Å². The molecule has 2 rings (SSSR count). The predicted octanol–water partition coefficient (Wildman–Crippen LogP) is 1.98. The van der Waals surface area contributed by atoms with Gasteiger partial charge in [0, 0.05) is 18.8 Å². The molecule has 0 radical (unpaired) electrons. The molecular formula is C18H24ClN3O4S. The van der Waals surface area contributed by atoms with Gasteiger partial charge in [0.25, 0.3) is 5.91 Å². The summed E-state index contributed by atoms with van der Waals surface area (Å²) < 4.78 is 32.1. The first-order chi connectivity index (χ1) is 12.3. The molecular weight excluding hydrogens is 390 g/mol. The number of nitrogens with one attached hydrogen (secondary N) is 2. The monoisotopic (exact) mass is 413 g/mol. The molecule has 0 aliphatic heterocycles. The zero-order valence-electron chi connectivity index (χ0n) is 15.2. The molecule has 0 aliphatic carbocycles. The zero-order valence-corrected chi connectivity index (χ0v) is 16.8. The standard InChI is InChI=1S/C18H23N3O4S.ClH/c1-13-6-7-17(14(2)10-13)25-12-18(22)21-15-4-3-5-16(11-15)26(23,24)20-9-8-19;/h3-7,10-11,20H,8-9,12,19H2,1-2H3,(H,21,22);1H. The van der Waals surface area contributed by atoms with Crippen LogP contribution in [-0.4, -0.2) is 34.0 Å². The molecule has 0 bridgehead atoms. The Bertz CT molecular complexity index is 888. The van der Waals surface area contributed by atoms with E-state index < -0.39 is 10.0 Å². The highest BCUT2D eigenvalue weighted by molar-refractivity contribution is 7.89. The SMILES string of the molecule is Cc1ccc(OCC(=O)Nc2cccc(S(=O)(=O)NCCN)c2)c(C)c1.Cl. The third-order valence-corrected chi connectivity index (χ3v) is 5.01. The normalized spacial score (nSPS) is 10.8. The summed E-state index contributed by atoms with van der Waals surface area (Å²) in [6.07, 6.45) is 0. The van der Waals surface area contributed by atoms with Crippen LogP contribution in [0, 0.1) is 13.8 Å². The van der Waals surface area contributed by atoms with Gasteiger partial charge in [-0.2, -0.15) is 0 Å². The molecule has 0 heterocycles. The van der Waals surface area contributed by atoms with E-state index in [0.29, 0.717) is 11.4 Å². The second kappa shape index (κ2) is 10.3. The smallest absolute Gasteiger partial charge is 0.262 e. The summed E-state index contributed by atoms with van der Waals surface area (Å²) in [5, 5.41) is 2.63. The largest absolute Gasteiger partial charge is 0.483 e. The van der Waals surface area contributed by atoms with Gasteiger partial charge in [0.2, 0.25) is 10.0 Å². The number of rotatable bonds is 8. The fraction of sp³-hybridized carbons (Fsp3) is 0.278. The fourth-order valence-corrected chi connectivity index (χ4v) is 3.41. The van der Waals surface area contributed by atoms with Crippen molar-refractivity contribution in [1.82, 2.24) is 4.72 Å². The maximum absolute atomic E-state index is 12.1. The van der Waals surface area contributed by atoms with Gasteiger partial charge in [0.15, 0.2) is 6.61 Å². The molecule has 0 atom stereocenters. The zero-order chi connectivity index (χ0) is 19.2. The van der Waals surface area contributed by atoms with Crippen molar-refractivity contribution >= 4 is 34.0 Å². The number of benzene rings is 2. The van der Waals surface area contributed by atoms with Crippen molar-refractivity contribution in [3.8, 4) is 5.75 Å². The highest BCUT2D eigenvalue weighted by atomic mass is 35.5. The second-order valence-electron chi connectivity index (χ2n) is 5.82. The number of anilines is 1. The molecule has 0 aliphatic rings. The van der Waals surface area contributed by atoms with Crippen LogP contribution in [0.5, 0.6) is 5.75 Å². The molecule has 0 spiro atoms. The summed E-state index contributed by atoms with van der Waals surface area (Å²) in [6.45, 7) is 4.05. The first-order valence-corrected chi connectivity index (χ1v) is 9.60. The van der Waals surface area contributed by atoms with Gasteiger partial charge in [-0.05, 0) is 43.7 Å². The highest BCUT2D eigenvalue weighted by Gasteiger charge is 2.14. The van der Waals surface area contributed by atoms with Gasteiger partial charge in [-0.3, -0.25) is 4.79 Å². The van der Waals surface area contributed by atoms with E-state index in [9.17, 15) is 13.2 Å². The Kier molecular flexibility index (Phi) is 8.71. The highest BCUT2D eigenvalue weighted by Crippen LogP contribution is 2.19. The molecule has 0 saturated carbocycles. The Labute approximate surface area is 165 Å². The van der Waals surface area contributed by atoms with Gasteiger partial charge in [-0.1, -0.05) is 23.8 Å². The predicted molar refractivity (Wildman–Crippen MR) is 108 cm³/mol. The van der Waals surface area contributed by atoms with E-state index in [-0.39, 0.29) is 42.9 Å². The quantitative estimate of drug-likeness (QED) is 0.612. The Morgan fingerprint density at radius 1 is 1.15 bits per heavy atom. The Balaban J connectivity index is 0.00000364. The summed E-state index contributed by atoms with van der Waals surface area (Å²) in [5.41, 5.74) is 7.74. The summed E-state index contributed by atoms with van der Waals surface area (Å²) in [6, 6.07) is 11.7. The van der Waals surface area contributed by atoms with Crippen LogP contribution in [0.15, 0.2) is 47.4 Å². The molecule has 4 N–H and O–H groups in total. The topological polar surface area (TPSA) is 111 Å². The van der Waals surface area contributed by atoms with Gasteiger partial charge in [0.1, 0.15) is 5.75 Å². The van der Waals surface area contributed by atoms with E-state index >= 15 is 0 Å². The number of carbonyl (C=O) groups excluding carboxylic acids is 1. The summed E-state index contributed by atoms with van der Waals surface area (Å²) >= 11 is 0. The van der Waals surface area contributed by atoms with Crippen LogP contribution < -0.4 is 20.5 Å². The van der Waals surface area contributed by atoms with Crippen LogP contribution in [-0.2, 0) is 14.8 Å². The van der Waals surface area contributed by atoms with Gasteiger partial charge < -0.3 is 15.8 Å². The van der Waals surface area contributed by atoms with Gasteiger partial charge in [0.05, 0.1) is 4.90 Å². The maximum Gasteiger partial charge on any atom is 0.262 e. The fourth-order valence-electron chi connectivity index (χ4n) is 2.32. The third kappa shape index (κ3) is 6.84. The maximum atomic E-state index is 12.1. The lowest BCUT2D eigenvalue weighted by Crippen LogP contribution is -2.29. The molecule has 0 unspecified atom stereocenters. The van der Waals surface area contributed by atoms with Crippen LogP contribution in [0.1, 0.15) is 11.1 Å². The number of carbonyl (C=O) groups is 1. The minimum atomic E-state index is -3.66. The number of halogens is 1. The summed E-state index contributed by atoms with van der Waals surface area (Å²) in [7, 11) is -3.66. The number of aryl methyl sites for hydroxylation is 2. The van der Waals surface area contributed by atoms with Crippen molar-refractivity contribution in [2.24, 2.45) is 5.73 Å². The molecule has 0 aromatic heterocycles. The summed E-state index contributed by atoms with van der Waals surface area (Å²) in [4.78, 5) is 12.1. The molecule has 9 heteroatoms. The van der Waals surface area contributed by atoms with Crippen LogP contribution in [0.3, 0.4) is 0 Å². The van der Waals surface area contributed by atoms with E-state index in [0.717, 1.165) is 11.1 Å². The van der Waals surface area contributed by atoms with E-state index in [1.807, 2.05) is 32.0 Å². The van der Waals surface area contributed by atoms with Crippen LogP contribution in [0.25, 0.3) is 0 Å². The van der Waals surface area contributed by atoms with E-state index in [1.165, 1.54) is 12.1 Å². The number of sulfonamides is 1. The summed E-state index contributed by atoms with van der Waals surface area (Å²) in [5.74, 6) is 0.252. The van der Waals surface area contributed by atoms with E-state index in [1.54, 1.807) is 12.1 Å². The minimum Gasteiger partial charge on any atom is -0.483 e. The third-order valence-electron chi connectivity index (χ3n) is 3.55. The van der Waals surface area contributed by atoms with Crippen molar-refractivity contribution in [2.45, 2.75) is 18.7 Å². The van der Waals surface area contributed by atoms with Gasteiger partial charge in [-0.25, -0.2) is 13.1 Å². The number of ether oxygens (including phenoxy) is 1. The first kappa shape index (κ1) is 22.9. The Morgan fingerprint density at radius 3 is 2.56 bits per heavy atom. The molecule has 148 valence electrons. The van der Waals surface area contributed by atoms with Crippen LogP contribution in [0.4, 0.5) is 5.69 Å². The second-order valence-corrected chi connectivity index (χ2v) is 7.59. The number of amides is 1. The molecule has 2 aromatic carbocycles. The van der Waals surface area contributed by atoms with Crippen molar-refractivity contribution in [3.63, 3.8) is 0 Å². The van der Waals surface area contributed by atoms with Crippen LogP contribution >= 0.6 is 12.4 Å². The van der Waals surface area contributed by atoms with Crippen LogP contribution in [0.2, 0.25) is 0 Å². The Morgan fingerprint density at radius 2 is 1.89 bits per heavy atom. The molecule has 0 saturated heterocycles. The number of hydrogen-bond donors (Lipinski definition) is 3.